The molecule has 0 spiro atoms. The van der Waals surface area contributed by atoms with Crippen molar-refractivity contribution in [3.8, 4) is 5.75 Å². The van der Waals surface area contributed by atoms with Crippen LogP contribution in [0.1, 0.15) is 5.82 Å². The van der Waals surface area contributed by atoms with Crippen LogP contribution in [-0.2, 0) is 0 Å². The van der Waals surface area contributed by atoms with Gasteiger partial charge in [-0.15, -0.1) is 0 Å². The fourth-order valence-corrected chi connectivity index (χ4v) is 1.86. The second-order valence-corrected chi connectivity index (χ2v) is 4.05. The fourth-order valence-electron chi connectivity index (χ4n) is 1.63. The lowest BCUT2D eigenvalue weighted by Gasteiger charge is -2.06. The van der Waals surface area contributed by atoms with Crippen molar-refractivity contribution in [2.24, 2.45) is 4.99 Å². The number of aliphatic imine (C=N–C) groups is 1. The highest BCUT2D eigenvalue weighted by Crippen LogP contribution is 2.26. The molecule has 2 rings (SSSR count). The van der Waals surface area contributed by atoms with E-state index in [1.165, 1.54) is 6.20 Å². The van der Waals surface area contributed by atoms with Gasteiger partial charge in [-0.05, 0) is 24.9 Å². The van der Waals surface area contributed by atoms with Crippen molar-refractivity contribution in [2.75, 3.05) is 7.11 Å². The zero-order valence-corrected chi connectivity index (χ0v) is 11.2. The van der Waals surface area contributed by atoms with E-state index in [0.717, 1.165) is 10.9 Å². The second-order valence-electron chi connectivity index (χ2n) is 3.69. The fraction of sp³-hybridized carbons (Fsp3) is 0.0714. The molecule has 4 nitrogen and oxygen atoms in total. The van der Waals surface area contributed by atoms with Gasteiger partial charge >= 0.3 is 0 Å². The second kappa shape index (κ2) is 5.63. The van der Waals surface area contributed by atoms with Crippen molar-refractivity contribution in [3.05, 3.63) is 48.0 Å². The number of methoxy groups -OCH3 is 1. The summed E-state index contributed by atoms with van der Waals surface area (Å²) in [6.07, 6.45) is 3.14. The number of hydrogen-bond donors (Lipinski definition) is 0. The Morgan fingerprint density at radius 1 is 1.42 bits per heavy atom. The molecule has 0 aliphatic heterocycles. The van der Waals surface area contributed by atoms with Gasteiger partial charge in [-0.2, -0.15) is 0 Å². The van der Waals surface area contributed by atoms with E-state index in [9.17, 15) is 0 Å². The van der Waals surface area contributed by atoms with E-state index in [2.05, 4.69) is 28.3 Å². The van der Waals surface area contributed by atoms with Crippen LogP contribution in [0.2, 0.25) is 5.15 Å². The molecule has 0 radical (unpaired) electrons. The van der Waals surface area contributed by atoms with Crippen molar-refractivity contribution < 1.29 is 4.74 Å². The van der Waals surface area contributed by atoms with Crippen molar-refractivity contribution in [1.29, 1.82) is 0 Å². The maximum Gasteiger partial charge on any atom is 0.163 e. The minimum Gasteiger partial charge on any atom is -0.497 e. The molecule has 0 saturated carbocycles. The Balaban J connectivity index is 2.65. The molecule has 5 heteroatoms. The molecule has 2 aromatic rings. The summed E-state index contributed by atoms with van der Waals surface area (Å²) < 4.78 is 5.15. The van der Waals surface area contributed by atoms with Crippen LogP contribution in [0, 0.1) is 0 Å². The molecular formula is C14H12ClN3O. The standard InChI is InChI=1S/C14H12ClN3O/c1-4-9(8-16-2)14-17-12-6-5-10(19-3)7-11(12)13(15)18-14/h4-8H,1-2H2,3H3/b9-8+. The number of hydrogen-bond acceptors (Lipinski definition) is 4. The minimum absolute atomic E-state index is 0.357. The van der Waals surface area contributed by atoms with E-state index in [4.69, 9.17) is 16.3 Å². The van der Waals surface area contributed by atoms with Crippen LogP contribution in [0.25, 0.3) is 16.5 Å². The monoisotopic (exact) mass is 273 g/mol. The molecule has 1 heterocycles. The van der Waals surface area contributed by atoms with E-state index in [1.54, 1.807) is 19.3 Å². The average Bonchev–Trinajstić information content (AvgIpc) is 2.44. The average molecular weight is 274 g/mol. The number of halogens is 1. The molecule has 0 aliphatic carbocycles. The minimum atomic E-state index is 0.357. The van der Waals surface area contributed by atoms with Gasteiger partial charge in [0.2, 0.25) is 0 Å². The first-order chi connectivity index (χ1) is 9.19. The molecule has 0 aliphatic rings. The van der Waals surface area contributed by atoms with Crippen molar-refractivity contribution >= 4 is 34.8 Å². The lowest BCUT2D eigenvalue weighted by molar-refractivity contribution is 0.415. The lowest BCUT2D eigenvalue weighted by atomic mass is 10.2. The van der Waals surface area contributed by atoms with E-state index >= 15 is 0 Å². The maximum atomic E-state index is 6.18. The van der Waals surface area contributed by atoms with Crippen LogP contribution in [-0.4, -0.2) is 23.8 Å². The molecule has 96 valence electrons. The number of fused-ring (bicyclic) bond motifs is 1. The van der Waals surface area contributed by atoms with Crippen LogP contribution in [0.4, 0.5) is 0 Å². The lowest BCUT2D eigenvalue weighted by Crippen LogP contribution is -1.95. The van der Waals surface area contributed by atoms with Crippen LogP contribution in [0.5, 0.6) is 5.75 Å². The number of ether oxygens (including phenoxy) is 1. The zero-order valence-electron chi connectivity index (χ0n) is 10.4. The SMILES string of the molecule is C=C/C(=C\N=C)c1nc(Cl)c2cc(OC)ccc2n1. The summed E-state index contributed by atoms with van der Waals surface area (Å²) in [5.41, 5.74) is 1.39. The smallest absolute Gasteiger partial charge is 0.163 e. The third kappa shape index (κ3) is 2.63. The summed E-state index contributed by atoms with van der Waals surface area (Å²) in [7, 11) is 1.60. The van der Waals surface area contributed by atoms with E-state index in [1.807, 2.05) is 12.1 Å². The molecule has 0 bridgehead atoms. The number of aromatic nitrogens is 2. The third-order valence-corrected chi connectivity index (χ3v) is 2.85. The van der Waals surface area contributed by atoms with Crippen LogP contribution in [0.15, 0.2) is 42.0 Å². The Morgan fingerprint density at radius 3 is 2.84 bits per heavy atom. The molecule has 19 heavy (non-hydrogen) atoms. The Morgan fingerprint density at radius 2 is 2.21 bits per heavy atom. The van der Waals surface area contributed by atoms with Gasteiger partial charge in [0.05, 0.1) is 12.6 Å². The van der Waals surface area contributed by atoms with E-state index in [-0.39, 0.29) is 0 Å². The molecule has 1 aromatic carbocycles. The Kier molecular flexibility index (Phi) is 3.92. The Labute approximate surface area is 116 Å². The molecule has 0 fully saturated rings. The maximum absolute atomic E-state index is 6.18. The normalized spacial score (nSPS) is 11.4. The van der Waals surface area contributed by atoms with Gasteiger partial charge in [0, 0.05) is 17.2 Å². The van der Waals surface area contributed by atoms with Crippen molar-refractivity contribution in [3.63, 3.8) is 0 Å². The largest absolute Gasteiger partial charge is 0.497 e. The van der Waals surface area contributed by atoms with Crippen LogP contribution in [0.3, 0.4) is 0 Å². The molecule has 0 unspecified atom stereocenters. The first kappa shape index (κ1) is 13.2. The summed E-state index contributed by atoms with van der Waals surface area (Å²) in [5.74, 6) is 1.17. The van der Waals surface area contributed by atoms with Crippen LogP contribution < -0.4 is 4.74 Å². The van der Waals surface area contributed by atoms with Crippen molar-refractivity contribution in [1.82, 2.24) is 9.97 Å². The van der Waals surface area contributed by atoms with Gasteiger partial charge in [0.1, 0.15) is 10.9 Å². The van der Waals surface area contributed by atoms with E-state index in [0.29, 0.717) is 22.3 Å². The molecule has 0 atom stereocenters. The predicted octanol–water partition coefficient (Wildman–Crippen LogP) is 3.52. The number of allylic oxidation sites excluding steroid dienone is 2. The third-order valence-electron chi connectivity index (χ3n) is 2.56. The van der Waals surface area contributed by atoms with Crippen molar-refractivity contribution in [2.45, 2.75) is 0 Å². The summed E-state index contributed by atoms with van der Waals surface area (Å²) in [6, 6.07) is 5.44. The Bertz CT molecular complexity index is 680. The van der Waals surface area contributed by atoms with Gasteiger partial charge in [-0.25, -0.2) is 9.97 Å². The predicted molar refractivity (Wildman–Crippen MR) is 78.8 cm³/mol. The quantitative estimate of drug-likeness (QED) is 0.486. The molecular weight excluding hydrogens is 262 g/mol. The number of benzene rings is 1. The first-order valence-electron chi connectivity index (χ1n) is 5.49. The summed E-state index contributed by atoms with van der Waals surface area (Å²) in [4.78, 5) is 12.4. The zero-order chi connectivity index (χ0) is 13.8. The van der Waals surface area contributed by atoms with E-state index < -0.39 is 0 Å². The van der Waals surface area contributed by atoms with Gasteiger partial charge in [0.25, 0.3) is 0 Å². The highest BCUT2D eigenvalue weighted by Gasteiger charge is 2.09. The summed E-state index contributed by atoms with van der Waals surface area (Å²) in [6.45, 7) is 7.10. The number of rotatable bonds is 4. The summed E-state index contributed by atoms with van der Waals surface area (Å²) >= 11 is 6.18. The molecule has 0 saturated heterocycles. The first-order valence-corrected chi connectivity index (χ1v) is 5.87. The van der Waals surface area contributed by atoms with Crippen LogP contribution >= 0.6 is 11.6 Å². The molecule has 1 aromatic heterocycles. The van der Waals surface area contributed by atoms with Gasteiger partial charge in [-0.3, -0.25) is 4.99 Å². The Hall–Kier alpha value is -2.20. The van der Waals surface area contributed by atoms with Gasteiger partial charge in [0.15, 0.2) is 5.82 Å². The number of nitrogens with zero attached hydrogens (tertiary/aromatic N) is 3. The van der Waals surface area contributed by atoms with Gasteiger partial charge < -0.3 is 4.74 Å². The van der Waals surface area contributed by atoms with Gasteiger partial charge in [-0.1, -0.05) is 24.3 Å². The molecule has 0 amide bonds. The molecule has 0 N–H and O–H groups in total. The highest BCUT2D eigenvalue weighted by molar-refractivity contribution is 6.34. The summed E-state index contributed by atoms with van der Waals surface area (Å²) in [5, 5.41) is 1.09. The highest BCUT2D eigenvalue weighted by atomic mass is 35.5. The topological polar surface area (TPSA) is 47.4 Å².